The summed E-state index contributed by atoms with van der Waals surface area (Å²) in [5.74, 6) is -1.02. The van der Waals surface area contributed by atoms with Crippen molar-refractivity contribution in [2.75, 3.05) is 29.9 Å². The third kappa shape index (κ3) is 5.49. The molecule has 2 amide bonds. The van der Waals surface area contributed by atoms with E-state index in [4.69, 9.17) is 0 Å². The number of hydrogen-bond donors (Lipinski definition) is 2. The van der Waals surface area contributed by atoms with E-state index in [0.29, 0.717) is 11.3 Å². The molecule has 8 heteroatoms. The van der Waals surface area contributed by atoms with Gasteiger partial charge in [0.2, 0.25) is 5.91 Å². The summed E-state index contributed by atoms with van der Waals surface area (Å²) in [5, 5.41) is 5.01. The summed E-state index contributed by atoms with van der Waals surface area (Å²) in [6.45, 7) is 1.10. The van der Waals surface area contributed by atoms with Crippen LogP contribution in [0, 0.1) is 0 Å². The highest BCUT2D eigenvalue weighted by Gasteiger charge is 2.31. The van der Waals surface area contributed by atoms with E-state index in [9.17, 15) is 22.8 Å². The smallest absolute Gasteiger partial charge is 0.370 e. The number of rotatable bonds is 5. The van der Waals surface area contributed by atoms with Gasteiger partial charge in [-0.3, -0.25) is 9.59 Å². The minimum Gasteiger partial charge on any atom is -0.370 e. The summed E-state index contributed by atoms with van der Waals surface area (Å²) < 4.78 is 39.4. The third-order valence-corrected chi connectivity index (χ3v) is 4.74. The molecule has 0 aromatic heterocycles. The molecule has 2 N–H and O–H groups in total. The van der Waals surface area contributed by atoms with Gasteiger partial charge in [-0.05, 0) is 49.6 Å². The summed E-state index contributed by atoms with van der Waals surface area (Å²) in [5.41, 5.74) is 0.219. The lowest BCUT2D eigenvalue weighted by Gasteiger charge is -2.31. The summed E-state index contributed by atoms with van der Waals surface area (Å²) in [6.07, 6.45) is -1.55. The predicted octanol–water partition coefficient (Wildman–Crippen LogP) is 4.06. The monoisotopic (exact) mass is 405 g/mol. The molecular formula is C21H22F3N3O2. The van der Waals surface area contributed by atoms with Crippen LogP contribution in [0.15, 0.2) is 48.5 Å². The fraction of sp³-hybridized carbons (Fsp3) is 0.333. The minimum absolute atomic E-state index is 0.0979. The van der Waals surface area contributed by atoms with Crippen LogP contribution in [0.25, 0.3) is 0 Å². The second kappa shape index (κ2) is 8.98. The van der Waals surface area contributed by atoms with E-state index < -0.39 is 23.6 Å². The summed E-state index contributed by atoms with van der Waals surface area (Å²) in [7, 11) is 0. The number of anilines is 2. The lowest BCUT2D eigenvalue weighted by atomic mass is 10.1. The standard InChI is InChI=1S/C21H22F3N3O2/c22-21(23,24)16-9-10-18(27-11-5-2-6-12-27)17(13-16)26-19(28)14-25-20(29)15-7-3-1-4-8-15/h1,3-4,7-10,13H,2,5-6,11-12,14H2,(H,25,29)(H,26,28). The normalized spacial score (nSPS) is 14.4. The molecule has 0 atom stereocenters. The number of benzene rings is 2. The van der Waals surface area contributed by atoms with Crippen LogP contribution in [0.5, 0.6) is 0 Å². The Labute approximate surface area is 166 Å². The first-order valence-electron chi connectivity index (χ1n) is 9.44. The van der Waals surface area contributed by atoms with Crippen LogP contribution in [0.2, 0.25) is 0 Å². The van der Waals surface area contributed by atoms with Crippen LogP contribution >= 0.6 is 0 Å². The average molecular weight is 405 g/mol. The largest absolute Gasteiger partial charge is 0.416 e. The van der Waals surface area contributed by atoms with Gasteiger partial charge in [-0.25, -0.2) is 0 Å². The van der Waals surface area contributed by atoms with Crippen molar-refractivity contribution in [1.29, 1.82) is 0 Å². The number of amides is 2. The quantitative estimate of drug-likeness (QED) is 0.789. The van der Waals surface area contributed by atoms with E-state index >= 15 is 0 Å². The van der Waals surface area contributed by atoms with Crippen molar-refractivity contribution in [3.63, 3.8) is 0 Å². The van der Waals surface area contributed by atoms with Crippen LogP contribution in [0.1, 0.15) is 35.2 Å². The van der Waals surface area contributed by atoms with Gasteiger partial charge in [-0.2, -0.15) is 13.2 Å². The zero-order valence-electron chi connectivity index (χ0n) is 15.8. The number of nitrogens with one attached hydrogen (secondary N) is 2. The Kier molecular flexibility index (Phi) is 6.41. The van der Waals surface area contributed by atoms with Crippen molar-refractivity contribution in [1.82, 2.24) is 5.32 Å². The van der Waals surface area contributed by atoms with Gasteiger partial charge >= 0.3 is 6.18 Å². The highest BCUT2D eigenvalue weighted by Crippen LogP contribution is 2.36. The number of nitrogens with zero attached hydrogens (tertiary/aromatic N) is 1. The Balaban J connectivity index is 1.73. The lowest BCUT2D eigenvalue weighted by molar-refractivity contribution is -0.137. The Morgan fingerprint density at radius 3 is 2.31 bits per heavy atom. The summed E-state index contributed by atoms with van der Waals surface area (Å²) in [6, 6.07) is 11.7. The average Bonchev–Trinajstić information content (AvgIpc) is 2.72. The number of halogens is 3. The number of hydrogen-bond acceptors (Lipinski definition) is 3. The van der Waals surface area contributed by atoms with Crippen LogP contribution in [0.4, 0.5) is 24.5 Å². The highest BCUT2D eigenvalue weighted by molar-refractivity contribution is 6.00. The van der Waals surface area contributed by atoms with Crippen LogP contribution in [-0.2, 0) is 11.0 Å². The molecule has 5 nitrogen and oxygen atoms in total. The maximum absolute atomic E-state index is 13.1. The van der Waals surface area contributed by atoms with E-state index in [0.717, 1.165) is 44.5 Å². The van der Waals surface area contributed by atoms with Gasteiger partial charge < -0.3 is 15.5 Å². The van der Waals surface area contributed by atoms with Crippen molar-refractivity contribution in [2.45, 2.75) is 25.4 Å². The zero-order chi connectivity index (χ0) is 20.9. The Bertz CT molecular complexity index is 863. The first-order valence-corrected chi connectivity index (χ1v) is 9.44. The fourth-order valence-electron chi connectivity index (χ4n) is 3.27. The van der Waals surface area contributed by atoms with Gasteiger partial charge in [0.15, 0.2) is 0 Å². The van der Waals surface area contributed by atoms with Gasteiger partial charge in [-0.1, -0.05) is 18.2 Å². The first-order chi connectivity index (χ1) is 13.8. The van der Waals surface area contributed by atoms with Gasteiger partial charge in [0.25, 0.3) is 5.91 Å². The molecule has 2 aromatic rings. The molecule has 0 unspecified atom stereocenters. The summed E-state index contributed by atoms with van der Waals surface area (Å²) in [4.78, 5) is 26.3. The molecule has 1 aliphatic heterocycles. The van der Waals surface area contributed by atoms with Gasteiger partial charge in [0, 0.05) is 18.7 Å². The van der Waals surface area contributed by atoms with Crippen molar-refractivity contribution in [3.8, 4) is 0 Å². The number of carbonyl (C=O) groups excluding carboxylic acids is 2. The molecule has 29 heavy (non-hydrogen) atoms. The van der Waals surface area contributed by atoms with E-state index in [1.165, 1.54) is 6.07 Å². The Morgan fingerprint density at radius 1 is 0.966 bits per heavy atom. The molecule has 154 valence electrons. The van der Waals surface area contributed by atoms with Crippen molar-refractivity contribution >= 4 is 23.2 Å². The van der Waals surface area contributed by atoms with Gasteiger partial charge in [-0.15, -0.1) is 0 Å². The maximum Gasteiger partial charge on any atom is 0.416 e. The molecule has 0 bridgehead atoms. The molecule has 1 aliphatic rings. The number of carbonyl (C=O) groups is 2. The molecule has 0 saturated carbocycles. The van der Waals surface area contributed by atoms with Crippen LogP contribution < -0.4 is 15.5 Å². The third-order valence-electron chi connectivity index (χ3n) is 4.74. The highest BCUT2D eigenvalue weighted by atomic mass is 19.4. The van der Waals surface area contributed by atoms with E-state index in [1.54, 1.807) is 30.3 Å². The summed E-state index contributed by atoms with van der Waals surface area (Å²) >= 11 is 0. The number of alkyl halides is 3. The maximum atomic E-state index is 13.1. The topological polar surface area (TPSA) is 61.4 Å². The molecule has 3 rings (SSSR count). The van der Waals surface area contributed by atoms with Gasteiger partial charge in [0.05, 0.1) is 23.5 Å². The van der Waals surface area contributed by atoms with Crippen molar-refractivity contribution < 1.29 is 22.8 Å². The predicted molar refractivity (Wildman–Crippen MR) is 105 cm³/mol. The second-order valence-electron chi connectivity index (χ2n) is 6.87. The molecule has 0 radical (unpaired) electrons. The minimum atomic E-state index is -4.51. The van der Waals surface area contributed by atoms with Crippen LogP contribution in [-0.4, -0.2) is 31.4 Å². The molecule has 1 fully saturated rings. The molecule has 1 heterocycles. The molecule has 2 aromatic carbocycles. The zero-order valence-corrected chi connectivity index (χ0v) is 15.8. The molecular weight excluding hydrogens is 383 g/mol. The van der Waals surface area contributed by atoms with Crippen molar-refractivity contribution in [3.05, 3.63) is 59.7 Å². The molecule has 0 spiro atoms. The van der Waals surface area contributed by atoms with E-state index in [2.05, 4.69) is 10.6 Å². The number of piperidine rings is 1. The van der Waals surface area contributed by atoms with Crippen LogP contribution in [0.3, 0.4) is 0 Å². The fourth-order valence-corrected chi connectivity index (χ4v) is 3.27. The lowest BCUT2D eigenvalue weighted by Crippen LogP contribution is -2.34. The Hall–Kier alpha value is -3.03. The van der Waals surface area contributed by atoms with E-state index in [-0.39, 0.29) is 12.2 Å². The van der Waals surface area contributed by atoms with E-state index in [1.807, 2.05) is 4.90 Å². The van der Waals surface area contributed by atoms with Gasteiger partial charge in [0.1, 0.15) is 0 Å². The Morgan fingerprint density at radius 2 is 1.66 bits per heavy atom. The van der Waals surface area contributed by atoms with Crippen molar-refractivity contribution in [2.24, 2.45) is 0 Å². The molecule has 0 aliphatic carbocycles. The SMILES string of the molecule is O=C(CNC(=O)c1ccccc1)Nc1cc(C(F)(F)F)ccc1N1CCCCC1. The first kappa shape index (κ1) is 20.7. The second-order valence-corrected chi connectivity index (χ2v) is 6.87. The molecule has 1 saturated heterocycles.